The van der Waals surface area contributed by atoms with Gasteiger partial charge in [-0.25, -0.2) is 10.8 Å². The van der Waals surface area contributed by atoms with Gasteiger partial charge >= 0.3 is 0 Å². The number of hydrazine groups is 1. The molecule has 0 amide bonds. The average Bonchev–Trinajstić information content (AvgIpc) is 3.03. The Morgan fingerprint density at radius 2 is 2.42 bits per heavy atom. The number of hydrogen-bond acceptors (Lipinski definition) is 7. The van der Waals surface area contributed by atoms with E-state index in [9.17, 15) is 0 Å². The van der Waals surface area contributed by atoms with Gasteiger partial charge in [0.2, 0.25) is 5.95 Å². The molecule has 0 aliphatic carbocycles. The summed E-state index contributed by atoms with van der Waals surface area (Å²) in [6.07, 6.45) is 2.52. The van der Waals surface area contributed by atoms with Crippen LogP contribution in [-0.2, 0) is 4.74 Å². The number of nitrogens with one attached hydrogen (secondary N) is 2. The second kappa shape index (κ2) is 5.28. The SMILES string of the molecule is Cc1cc2c(NCC3CCCO3)nc(NN)nc2s1. The fourth-order valence-electron chi connectivity index (χ4n) is 2.26. The van der Waals surface area contributed by atoms with E-state index in [1.54, 1.807) is 11.3 Å². The fourth-order valence-corrected chi connectivity index (χ4v) is 3.14. The molecule has 1 fully saturated rings. The van der Waals surface area contributed by atoms with Crippen molar-refractivity contribution in [2.75, 3.05) is 23.9 Å². The summed E-state index contributed by atoms with van der Waals surface area (Å²) in [6, 6.07) is 2.10. The molecule has 3 rings (SSSR count). The van der Waals surface area contributed by atoms with Gasteiger partial charge in [0.15, 0.2) is 0 Å². The van der Waals surface area contributed by atoms with Gasteiger partial charge in [-0.05, 0) is 25.8 Å². The summed E-state index contributed by atoms with van der Waals surface area (Å²) in [6.45, 7) is 3.69. The van der Waals surface area contributed by atoms with Gasteiger partial charge in [-0.1, -0.05) is 0 Å². The molecule has 0 spiro atoms. The van der Waals surface area contributed by atoms with Crippen LogP contribution in [0.4, 0.5) is 11.8 Å². The highest BCUT2D eigenvalue weighted by molar-refractivity contribution is 7.18. The lowest BCUT2D eigenvalue weighted by atomic mass is 10.2. The highest BCUT2D eigenvalue weighted by Crippen LogP contribution is 2.29. The van der Waals surface area contributed by atoms with Crippen molar-refractivity contribution in [2.45, 2.75) is 25.9 Å². The molecule has 1 aliphatic heterocycles. The lowest BCUT2D eigenvalue weighted by Crippen LogP contribution is -2.20. The van der Waals surface area contributed by atoms with Crippen molar-refractivity contribution in [3.63, 3.8) is 0 Å². The molecule has 0 saturated carbocycles. The first-order valence-corrected chi connectivity index (χ1v) is 7.18. The minimum absolute atomic E-state index is 0.277. The molecule has 1 atom stereocenters. The molecule has 6 nitrogen and oxygen atoms in total. The minimum atomic E-state index is 0.277. The normalized spacial score (nSPS) is 18.9. The lowest BCUT2D eigenvalue weighted by molar-refractivity contribution is 0.120. The molecule has 4 N–H and O–H groups in total. The smallest absolute Gasteiger partial charge is 0.240 e. The fraction of sp³-hybridized carbons (Fsp3) is 0.500. The van der Waals surface area contributed by atoms with Crippen LogP contribution in [-0.4, -0.2) is 29.2 Å². The standard InChI is InChI=1S/C12H17N5OS/c1-7-5-9-10(14-6-8-3-2-4-18-8)15-12(17-13)16-11(9)19-7/h5,8H,2-4,6,13H2,1H3,(H2,14,15,16,17). The molecule has 1 saturated heterocycles. The van der Waals surface area contributed by atoms with E-state index in [0.29, 0.717) is 5.95 Å². The Bertz CT molecular complexity index is 579. The van der Waals surface area contributed by atoms with E-state index in [1.165, 1.54) is 4.88 Å². The predicted molar refractivity (Wildman–Crippen MR) is 77.4 cm³/mol. The van der Waals surface area contributed by atoms with Crippen LogP contribution in [0.25, 0.3) is 10.2 Å². The van der Waals surface area contributed by atoms with Crippen LogP contribution >= 0.6 is 11.3 Å². The molecule has 3 heterocycles. The van der Waals surface area contributed by atoms with Crippen LogP contribution in [0.5, 0.6) is 0 Å². The van der Waals surface area contributed by atoms with Gasteiger partial charge in [-0.2, -0.15) is 4.98 Å². The number of aryl methyl sites for hydroxylation is 1. The van der Waals surface area contributed by atoms with Gasteiger partial charge in [0.1, 0.15) is 10.6 Å². The predicted octanol–water partition coefficient (Wildman–Crippen LogP) is 1.88. The van der Waals surface area contributed by atoms with Crippen molar-refractivity contribution in [1.82, 2.24) is 9.97 Å². The number of thiophene rings is 1. The topological polar surface area (TPSA) is 85.1 Å². The van der Waals surface area contributed by atoms with Gasteiger partial charge in [-0.15, -0.1) is 11.3 Å². The maximum atomic E-state index is 5.60. The van der Waals surface area contributed by atoms with Crippen LogP contribution in [0.15, 0.2) is 6.07 Å². The average molecular weight is 279 g/mol. The van der Waals surface area contributed by atoms with Crippen molar-refractivity contribution < 1.29 is 4.74 Å². The Labute approximate surface area is 115 Å². The number of rotatable bonds is 4. The molecule has 1 aliphatic rings. The summed E-state index contributed by atoms with van der Waals surface area (Å²) < 4.78 is 5.60. The number of nitrogens with zero attached hydrogens (tertiary/aromatic N) is 2. The van der Waals surface area contributed by atoms with Crippen molar-refractivity contribution in [3.05, 3.63) is 10.9 Å². The highest BCUT2D eigenvalue weighted by atomic mass is 32.1. The van der Waals surface area contributed by atoms with E-state index in [4.69, 9.17) is 10.6 Å². The summed E-state index contributed by atoms with van der Waals surface area (Å²) in [7, 11) is 0. The first kappa shape index (κ1) is 12.6. The largest absolute Gasteiger partial charge is 0.376 e. The Morgan fingerprint density at radius 3 is 3.16 bits per heavy atom. The Morgan fingerprint density at radius 1 is 1.53 bits per heavy atom. The van der Waals surface area contributed by atoms with E-state index in [2.05, 4.69) is 33.7 Å². The maximum Gasteiger partial charge on any atom is 0.240 e. The first-order chi connectivity index (χ1) is 9.26. The second-order valence-electron chi connectivity index (χ2n) is 4.63. The summed E-state index contributed by atoms with van der Waals surface area (Å²) in [4.78, 5) is 10.9. The third-order valence-corrected chi connectivity index (χ3v) is 4.11. The number of ether oxygens (including phenoxy) is 1. The molecule has 0 radical (unpaired) electrons. The molecule has 1 unspecified atom stereocenters. The summed E-state index contributed by atoms with van der Waals surface area (Å²) in [5.74, 6) is 6.66. The summed E-state index contributed by atoms with van der Waals surface area (Å²) in [5.41, 5.74) is 2.51. The molecule has 2 aromatic heterocycles. The molecule has 19 heavy (non-hydrogen) atoms. The third-order valence-electron chi connectivity index (χ3n) is 3.17. The van der Waals surface area contributed by atoms with E-state index < -0.39 is 0 Å². The molecular formula is C12H17N5OS. The van der Waals surface area contributed by atoms with Crippen LogP contribution in [0.2, 0.25) is 0 Å². The van der Waals surface area contributed by atoms with Gasteiger partial charge in [0.05, 0.1) is 11.5 Å². The van der Waals surface area contributed by atoms with Gasteiger partial charge < -0.3 is 10.1 Å². The zero-order chi connectivity index (χ0) is 13.2. The molecule has 102 valence electrons. The number of nitrogen functional groups attached to an aromatic ring is 1. The van der Waals surface area contributed by atoms with Gasteiger partial charge in [0.25, 0.3) is 0 Å². The second-order valence-corrected chi connectivity index (χ2v) is 5.87. The van der Waals surface area contributed by atoms with E-state index in [0.717, 1.165) is 42.0 Å². The van der Waals surface area contributed by atoms with Crippen LogP contribution in [0.3, 0.4) is 0 Å². The molecular weight excluding hydrogens is 262 g/mol. The summed E-state index contributed by atoms with van der Waals surface area (Å²) >= 11 is 1.64. The quantitative estimate of drug-likeness (QED) is 0.585. The minimum Gasteiger partial charge on any atom is -0.376 e. The van der Waals surface area contributed by atoms with Crippen LogP contribution < -0.4 is 16.6 Å². The molecule has 0 bridgehead atoms. The first-order valence-electron chi connectivity index (χ1n) is 6.36. The number of hydrogen-bond donors (Lipinski definition) is 3. The number of nitrogens with two attached hydrogens (primary N) is 1. The third kappa shape index (κ3) is 2.63. The maximum absolute atomic E-state index is 5.60. The Hall–Kier alpha value is -1.44. The van der Waals surface area contributed by atoms with Crippen molar-refractivity contribution in [2.24, 2.45) is 5.84 Å². The zero-order valence-corrected chi connectivity index (χ0v) is 11.6. The van der Waals surface area contributed by atoms with E-state index in [1.807, 2.05) is 0 Å². The van der Waals surface area contributed by atoms with Gasteiger partial charge in [-0.3, -0.25) is 5.43 Å². The van der Waals surface area contributed by atoms with Gasteiger partial charge in [0, 0.05) is 18.0 Å². The number of anilines is 2. The molecule has 2 aromatic rings. The van der Waals surface area contributed by atoms with Crippen molar-refractivity contribution in [3.8, 4) is 0 Å². The monoisotopic (exact) mass is 279 g/mol. The Kier molecular flexibility index (Phi) is 3.50. The van der Waals surface area contributed by atoms with Crippen LogP contribution in [0.1, 0.15) is 17.7 Å². The van der Waals surface area contributed by atoms with Crippen LogP contribution in [0, 0.1) is 6.92 Å². The molecule has 0 aromatic carbocycles. The number of fused-ring (bicyclic) bond motifs is 1. The summed E-state index contributed by atoms with van der Waals surface area (Å²) in [5, 5.41) is 4.39. The van der Waals surface area contributed by atoms with Crippen molar-refractivity contribution >= 4 is 33.3 Å². The Balaban J connectivity index is 1.86. The zero-order valence-electron chi connectivity index (χ0n) is 10.8. The lowest BCUT2D eigenvalue weighted by Gasteiger charge is -2.12. The van der Waals surface area contributed by atoms with E-state index >= 15 is 0 Å². The van der Waals surface area contributed by atoms with Crippen molar-refractivity contribution in [1.29, 1.82) is 0 Å². The van der Waals surface area contributed by atoms with E-state index in [-0.39, 0.29) is 6.10 Å². The molecule has 7 heteroatoms. The number of aromatic nitrogens is 2. The highest BCUT2D eigenvalue weighted by Gasteiger charge is 2.16.